The number of nitrogens with zero attached hydrogens (tertiary/aromatic N) is 2. The molecule has 32 heavy (non-hydrogen) atoms. The third kappa shape index (κ3) is 4.90. The zero-order valence-corrected chi connectivity index (χ0v) is 19.7. The number of ether oxygens (including phenoxy) is 2. The first kappa shape index (κ1) is 21.6. The number of anilines is 2. The second kappa shape index (κ2) is 9.74. The van der Waals surface area contributed by atoms with Gasteiger partial charge in [-0.25, -0.2) is 0 Å². The molecule has 1 saturated carbocycles. The van der Waals surface area contributed by atoms with Crippen LogP contribution in [0, 0.1) is 11.8 Å². The topological polar surface area (TPSA) is 58.6 Å². The summed E-state index contributed by atoms with van der Waals surface area (Å²) in [6.07, 6.45) is 8.40. The highest BCUT2D eigenvalue weighted by Gasteiger charge is 2.24. The monoisotopic (exact) mass is 438 g/mol. The number of aryl methyl sites for hydroxylation is 1. The normalized spacial score (nSPS) is 21.1. The van der Waals surface area contributed by atoms with E-state index in [9.17, 15) is 0 Å². The zero-order chi connectivity index (χ0) is 21.9. The molecule has 2 N–H and O–H groups in total. The SMILES string of the molecule is COc1cc2c(NCC3CC3)c3c(nc2cc1OCCCN1CCC(C)C1)CCCCN3. The van der Waals surface area contributed by atoms with E-state index in [1.165, 1.54) is 62.3 Å². The Balaban J connectivity index is 1.37. The molecule has 1 aromatic heterocycles. The van der Waals surface area contributed by atoms with E-state index in [4.69, 9.17) is 14.5 Å². The molecule has 1 atom stereocenters. The number of benzene rings is 1. The van der Waals surface area contributed by atoms with Crippen LogP contribution in [0.4, 0.5) is 11.4 Å². The van der Waals surface area contributed by atoms with E-state index in [0.29, 0.717) is 6.61 Å². The average molecular weight is 439 g/mol. The molecular formula is C26H38N4O2. The quantitative estimate of drug-likeness (QED) is 0.542. The Morgan fingerprint density at radius 1 is 1.19 bits per heavy atom. The first-order valence-electron chi connectivity index (χ1n) is 12.6. The summed E-state index contributed by atoms with van der Waals surface area (Å²) in [4.78, 5) is 7.62. The molecule has 0 radical (unpaired) electrons. The molecule has 2 aromatic rings. The lowest BCUT2D eigenvalue weighted by atomic mass is 10.1. The van der Waals surface area contributed by atoms with E-state index in [2.05, 4.69) is 34.6 Å². The van der Waals surface area contributed by atoms with Crippen LogP contribution in [0.5, 0.6) is 11.5 Å². The maximum absolute atomic E-state index is 6.21. The van der Waals surface area contributed by atoms with Gasteiger partial charge in [-0.2, -0.15) is 0 Å². The van der Waals surface area contributed by atoms with Crippen LogP contribution in [0.15, 0.2) is 12.1 Å². The smallest absolute Gasteiger partial charge is 0.163 e. The van der Waals surface area contributed by atoms with Crippen molar-refractivity contribution in [3.05, 3.63) is 17.8 Å². The number of hydrogen-bond donors (Lipinski definition) is 2. The second-order valence-electron chi connectivity index (χ2n) is 9.93. The molecule has 1 aromatic carbocycles. The fraction of sp³-hybridized carbons (Fsp3) is 0.654. The molecule has 2 fully saturated rings. The van der Waals surface area contributed by atoms with Crippen LogP contribution in [-0.2, 0) is 6.42 Å². The van der Waals surface area contributed by atoms with Gasteiger partial charge in [0.15, 0.2) is 11.5 Å². The van der Waals surface area contributed by atoms with Crippen molar-refractivity contribution in [3.63, 3.8) is 0 Å². The van der Waals surface area contributed by atoms with Crippen LogP contribution in [0.1, 0.15) is 51.1 Å². The molecule has 1 saturated heterocycles. The fourth-order valence-corrected chi connectivity index (χ4v) is 5.05. The Kier molecular flexibility index (Phi) is 6.58. The molecule has 0 bridgehead atoms. The highest BCUT2D eigenvalue weighted by molar-refractivity contribution is 6.00. The van der Waals surface area contributed by atoms with Gasteiger partial charge in [-0.3, -0.25) is 4.98 Å². The molecule has 0 amide bonds. The number of rotatable bonds is 9. The molecule has 1 aliphatic carbocycles. The first-order chi connectivity index (χ1) is 15.7. The minimum absolute atomic E-state index is 0.700. The van der Waals surface area contributed by atoms with Gasteiger partial charge in [0.2, 0.25) is 0 Å². The van der Waals surface area contributed by atoms with E-state index in [1.54, 1.807) is 7.11 Å². The Labute approximate surface area is 192 Å². The third-order valence-electron chi connectivity index (χ3n) is 7.14. The Hall–Kier alpha value is -2.21. The highest BCUT2D eigenvalue weighted by Crippen LogP contribution is 2.41. The average Bonchev–Trinajstić information content (AvgIpc) is 3.58. The van der Waals surface area contributed by atoms with Gasteiger partial charge in [-0.1, -0.05) is 6.92 Å². The Morgan fingerprint density at radius 2 is 2.09 bits per heavy atom. The summed E-state index contributed by atoms with van der Waals surface area (Å²) in [6, 6.07) is 4.20. The second-order valence-corrected chi connectivity index (χ2v) is 9.93. The van der Waals surface area contributed by atoms with Crippen LogP contribution >= 0.6 is 0 Å². The van der Waals surface area contributed by atoms with Gasteiger partial charge in [0.05, 0.1) is 36.3 Å². The number of fused-ring (bicyclic) bond motifs is 2. The van der Waals surface area contributed by atoms with Crippen molar-refractivity contribution < 1.29 is 9.47 Å². The number of likely N-dealkylation sites (tertiary alicyclic amines) is 1. The summed E-state index contributed by atoms with van der Waals surface area (Å²) in [6.45, 7) is 8.63. The van der Waals surface area contributed by atoms with Gasteiger partial charge in [-0.15, -0.1) is 0 Å². The predicted octanol–water partition coefficient (Wildman–Crippen LogP) is 4.92. The molecule has 6 heteroatoms. The predicted molar refractivity (Wildman–Crippen MR) is 131 cm³/mol. The standard InChI is InChI=1S/C26H38N4O2/c1-18-9-12-30(17-18)11-5-13-32-24-15-22-20(14-23(24)31-2)25(28-16-19-7-8-19)26-21(29-22)6-3-4-10-27-26/h14-15,18-19,27H,3-13,16-17H2,1-2H3,(H,28,29). The molecule has 2 aliphatic heterocycles. The minimum Gasteiger partial charge on any atom is -0.493 e. The van der Waals surface area contributed by atoms with Gasteiger partial charge >= 0.3 is 0 Å². The fourth-order valence-electron chi connectivity index (χ4n) is 5.05. The lowest BCUT2D eigenvalue weighted by Crippen LogP contribution is -2.23. The summed E-state index contributed by atoms with van der Waals surface area (Å²) < 4.78 is 12.0. The largest absolute Gasteiger partial charge is 0.493 e. The summed E-state index contributed by atoms with van der Waals surface area (Å²) >= 11 is 0. The zero-order valence-electron chi connectivity index (χ0n) is 19.7. The molecule has 6 nitrogen and oxygen atoms in total. The van der Waals surface area contributed by atoms with E-state index in [0.717, 1.165) is 66.7 Å². The van der Waals surface area contributed by atoms with Gasteiger partial charge in [-0.05, 0) is 69.4 Å². The summed E-state index contributed by atoms with van der Waals surface area (Å²) in [5, 5.41) is 8.53. The molecule has 5 rings (SSSR count). The molecule has 3 aliphatic rings. The molecular weight excluding hydrogens is 400 g/mol. The third-order valence-corrected chi connectivity index (χ3v) is 7.14. The number of methoxy groups -OCH3 is 1. The van der Waals surface area contributed by atoms with Crippen molar-refractivity contribution in [1.29, 1.82) is 0 Å². The van der Waals surface area contributed by atoms with E-state index in [1.807, 2.05) is 0 Å². The van der Waals surface area contributed by atoms with Gasteiger partial charge in [0, 0.05) is 37.6 Å². The molecule has 0 spiro atoms. The minimum atomic E-state index is 0.700. The summed E-state index contributed by atoms with van der Waals surface area (Å²) in [7, 11) is 1.73. The van der Waals surface area contributed by atoms with Crippen molar-refractivity contribution in [2.75, 3.05) is 57.1 Å². The number of aromatic nitrogens is 1. The molecule has 3 heterocycles. The summed E-state index contributed by atoms with van der Waals surface area (Å²) in [5.74, 6) is 3.23. The van der Waals surface area contributed by atoms with Crippen LogP contribution in [0.25, 0.3) is 10.9 Å². The van der Waals surface area contributed by atoms with E-state index < -0.39 is 0 Å². The van der Waals surface area contributed by atoms with Crippen LogP contribution < -0.4 is 20.1 Å². The Bertz CT molecular complexity index is 943. The van der Waals surface area contributed by atoms with Gasteiger partial charge in [0.25, 0.3) is 0 Å². The maximum atomic E-state index is 6.21. The number of pyridine rings is 1. The number of nitrogens with one attached hydrogen (secondary N) is 2. The highest BCUT2D eigenvalue weighted by atomic mass is 16.5. The molecule has 1 unspecified atom stereocenters. The van der Waals surface area contributed by atoms with Crippen molar-refractivity contribution in [2.45, 2.75) is 51.9 Å². The number of hydrogen-bond acceptors (Lipinski definition) is 6. The first-order valence-corrected chi connectivity index (χ1v) is 12.6. The van der Waals surface area contributed by atoms with E-state index in [-0.39, 0.29) is 0 Å². The van der Waals surface area contributed by atoms with Crippen LogP contribution in [0.3, 0.4) is 0 Å². The van der Waals surface area contributed by atoms with Crippen molar-refractivity contribution in [3.8, 4) is 11.5 Å². The van der Waals surface area contributed by atoms with Crippen LogP contribution in [0.2, 0.25) is 0 Å². The van der Waals surface area contributed by atoms with Gasteiger partial charge < -0.3 is 25.0 Å². The van der Waals surface area contributed by atoms with E-state index >= 15 is 0 Å². The van der Waals surface area contributed by atoms with Crippen molar-refractivity contribution in [1.82, 2.24) is 9.88 Å². The van der Waals surface area contributed by atoms with Crippen LogP contribution in [-0.4, -0.2) is 56.3 Å². The Morgan fingerprint density at radius 3 is 2.88 bits per heavy atom. The maximum Gasteiger partial charge on any atom is 0.163 e. The molecule has 174 valence electrons. The lowest BCUT2D eigenvalue weighted by Gasteiger charge is -2.20. The van der Waals surface area contributed by atoms with Crippen molar-refractivity contribution in [2.24, 2.45) is 11.8 Å². The summed E-state index contributed by atoms with van der Waals surface area (Å²) in [5.41, 5.74) is 4.54. The lowest BCUT2D eigenvalue weighted by molar-refractivity contribution is 0.251. The van der Waals surface area contributed by atoms with Gasteiger partial charge in [0.1, 0.15) is 0 Å². The van der Waals surface area contributed by atoms with Crippen molar-refractivity contribution >= 4 is 22.3 Å².